The fraction of sp³-hybridized carbons (Fsp3) is 0.833. The van der Waals surface area contributed by atoms with E-state index in [-0.39, 0.29) is 0 Å². The van der Waals surface area contributed by atoms with E-state index in [4.69, 9.17) is 14.5 Å². The zero-order chi connectivity index (χ0) is 9.28. The first-order valence-corrected chi connectivity index (χ1v) is 2.31. The van der Waals surface area contributed by atoms with Gasteiger partial charge in [0.25, 0.3) is 0 Å². The second kappa shape index (κ2) is 3.45. The van der Waals surface area contributed by atoms with Crippen LogP contribution in [0.1, 0.15) is 24.3 Å². The van der Waals surface area contributed by atoms with Gasteiger partial charge in [-0.2, -0.15) is 5.26 Å². The first kappa shape index (κ1) is 3.47. The minimum atomic E-state index is -2.19. The zero-order valence-corrected chi connectivity index (χ0v) is 4.97. The molecule has 1 unspecified atom stereocenters. The second-order valence-electron chi connectivity index (χ2n) is 1.68. The number of aliphatic hydroxyl groups excluding tert-OH is 1. The van der Waals surface area contributed by atoms with Crippen LogP contribution in [-0.4, -0.2) is 11.2 Å². The van der Waals surface area contributed by atoms with Crippen LogP contribution < -0.4 is 0 Å². The predicted molar refractivity (Wildman–Crippen MR) is 31.1 cm³/mol. The molecular weight excluding hydrogens is 102 g/mol. The van der Waals surface area contributed by atoms with Crippen LogP contribution in [0.2, 0.25) is 0 Å². The van der Waals surface area contributed by atoms with E-state index >= 15 is 0 Å². The van der Waals surface area contributed by atoms with E-state index < -0.39 is 18.4 Å². The summed E-state index contributed by atoms with van der Waals surface area (Å²) in [7, 11) is 0. The van der Waals surface area contributed by atoms with Gasteiger partial charge in [0, 0.05) is 4.11 Å². The molecule has 0 aliphatic heterocycles. The predicted octanol–water partition coefficient (Wildman–Crippen LogP) is 0.917. The minimum Gasteiger partial charge on any atom is -0.378 e. The summed E-state index contributed by atoms with van der Waals surface area (Å²) in [6, 6.07) is 1.37. The molecule has 0 aromatic carbocycles. The number of hydrogen-bond acceptors (Lipinski definition) is 2. The third-order valence-corrected chi connectivity index (χ3v) is 0.548. The third kappa shape index (κ3) is 3.63. The van der Waals surface area contributed by atoms with Gasteiger partial charge in [0.2, 0.25) is 0 Å². The van der Waals surface area contributed by atoms with Gasteiger partial charge in [-0.3, -0.25) is 0 Å². The Morgan fingerprint density at radius 2 is 2.50 bits per heavy atom. The minimum absolute atomic E-state index is 1.31. The molecule has 8 heavy (non-hydrogen) atoms. The summed E-state index contributed by atoms with van der Waals surface area (Å²) in [6.07, 6.45) is -3.93. The fourth-order valence-electron chi connectivity index (χ4n) is 0.306. The first-order chi connectivity index (χ1) is 4.73. The van der Waals surface area contributed by atoms with Gasteiger partial charge in [0.15, 0.2) is 0 Å². The van der Waals surface area contributed by atoms with Gasteiger partial charge < -0.3 is 5.11 Å². The highest BCUT2D eigenvalue weighted by Gasteiger charge is 2.02. The number of aliphatic hydroxyl groups is 1. The van der Waals surface area contributed by atoms with Crippen molar-refractivity contribution in [2.75, 3.05) is 0 Å². The number of hydrogen-bond donors (Lipinski definition) is 1. The van der Waals surface area contributed by atoms with Crippen molar-refractivity contribution in [1.29, 1.82) is 5.26 Å². The van der Waals surface area contributed by atoms with Crippen molar-refractivity contribution in [3.63, 3.8) is 0 Å². The maximum atomic E-state index is 8.87. The van der Waals surface area contributed by atoms with Gasteiger partial charge in [-0.15, -0.1) is 0 Å². The molecule has 0 rings (SSSR count). The summed E-state index contributed by atoms with van der Waals surface area (Å²) >= 11 is 0. The quantitative estimate of drug-likeness (QED) is 0.545. The van der Waals surface area contributed by atoms with Crippen molar-refractivity contribution >= 4 is 0 Å². The lowest BCUT2D eigenvalue weighted by molar-refractivity contribution is 0.201. The normalized spacial score (nSPS) is 22.0. The molecule has 0 spiro atoms. The van der Waals surface area contributed by atoms with Crippen LogP contribution in [0.4, 0.5) is 0 Å². The molecule has 1 atom stereocenters. The van der Waals surface area contributed by atoms with Crippen LogP contribution in [0.15, 0.2) is 0 Å². The van der Waals surface area contributed by atoms with Gasteiger partial charge in [0.1, 0.15) is 6.10 Å². The largest absolute Gasteiger partial charge is 0.378 e. The number of nitrogens with zero attached hydrogens (tertiary/aromatic N) is 1. The molecular formula is C6H11NO. The maximum absolute atomic E-state index is 8.87. The Labute approximate surface area is 54.0 Å². The molecule has 0 aromatic heterocycles. The van der Waals surface area contributed by atoms with Crippen molar-refractivity contribution in [2.24, 2.45) is 5.89 Å². The van der Waals surface area contributed by atoms with E-state index in [0.29, 0.717) is 0 Å². The average Bonchev–Trinajstić information content (AvgIpc) is 1.83. The lowest BCUT2D eigenvalue weighted by Gasteiger charge is -2.02. The molecule has 2 heteroatoms. The van der Waals surface area contributed by atoms with Crippen LogP contribution >= 0.6 is 0 Å². The Bertz CT molecular complexity index is 179. The van der Waals surface area contributed by atoms with Crippen molar-refractivity contribution in [2.45, 2.75) is 26.3 Å². The van der Waals surface area contributed by atoms with E-state index in [1.165, 1.54) is 19.9 Å². The molecule has 0 fully saturated rings. The Hall–Kier alpha value is -0.550. The summed E-state index contributed by atoms with van der Waals surface area (Å²) in [5.74, 6) is -1.47. The lowest BCUT2D eigenvalue weighted by atomic mass is 10.1. The van der Waals surface area contributed by atoms with Crippen LogP contribution in [0.3, 0.4) is 0 Å². The molecule has 0 aliphatic carbocycles. The van der Waals surface area contributed by atoms with Crippen molar-refractivity contribution < 1.29 is 9.22 Å². The molecule has 0 saturated heterocycles. The fourth-order valence-corrected chi connectivity index (χ4v) is 0.306. The van der Waals surface area contributed by atoms with Crippen LogP contribution in [0, 0.1) is 17.2 Å². The molecule has 0 aliphatic rings. The van der Waals surface area contributed by atoms with Crippen molar-refractivity contribution in [3.05, 3.63) is 0 Å². The topological polar surface area (TPSA) is 44.0 Å². The highest BCUT2D eigenvalue weighted by molar-refractivity contribution is 4.82. The van der Waals surface area contributed by atoms with E-state index in [2.05, 4.69) is 0 Å². The molecule has 1 N–H and O–H groups in total. The molecule has 0 amide bonds. The first-order valence-electron chi connectivity index (χ1n) is 3.81. The molecule has 0 aromatic rings. The van der Waals surface area contributed by atoms with E-state index in [1.54, 1.807) is 0 Å². The van der Waals surface area contributed by atoms with Gasteiger partial charge >= 0.3 is 0 Å². The summed E-state index contributed by atoms with van der Waals surface area (Å²) in [5.41, 5.74) is 0. The van der Waals surface area contributed by atoms with Gasteiger partial charge in [0.05, 0.1) is 6.07 Å². The second-order valence-corrected chi connectivity index (χ2v) is 1.68. The zero-order valence-electron chi connectivity index (χ0n) is 7.97. The lowest BCUT2D eigenvalue weighted by Crippen LogP contribution is -2.05. The Morgan fingerprint density at radius 3 is 2.62 bits per heavy atom. The van der Waals surface area contributed by atoms with Crippen LogP contribution in [0.25, 0.3) is 0 Å². The van der Waals surface area contributed by atoms with E-state index in [0.717, 1.165) is 0 Å². The standard InChI is InChI=1S/C6H11NO/c1-5(2)3-6(8)4-7/h5-6,8H,3H2,1-2H3/i3D2,5D. The highest BCUT2D eigenvalue weighted by atomic mass is 16.3. The van der Waals surface area contributed by atoms with E-state index in [9.17, 15) is 0 Å². The molecule has 2 nitrogen and oxygen atoms in total. The number of nitriles is 1. The van der Waals surface area contributed by atoms with Crippen molar-refractivity contribution in [3.8, 4) is 6.07 Å². The highest BCUT2D eigenvalue weighted by Crippen LogP contribution is 2.02. The molecule has 0 bridgehead atoms. The van der Waals surface area contributed by atoms with E-state index in [1.807, 2.05) is 0 Å². The monoisotopic (exact) mass is 116 g/mol. The number of rotatable bonds is 2. The SMILES string of the molecule is [2H]C(C)(C)C([2H])([2H])C(O)C#N. The Morgan fingerprint density at radius 1 is 2.00 bits per heavy atom. The summed E-state index contributed by atoms with van der Waals surface area (Å²) in [6.45, 7) is 2.63. The molecule has 0 radical (unpaired) electrons. The average molecular weight is 116 g/mol. The Kier molecular flexibility index (Phi) is 1.50. The smallest absolute Gasteiger partial charge is 0.140 e. The van der Waals surface area contributed by atoms with Gasteiger partial charge in [-0.1, -0.05) is 13.8 Å². The van der Waals surface area contributed by atoms with Gasteiger partial charge in [-0.25, -0.2) is 0 Å². The molecule has 0 saturated carbocycles. The summed E-state index contributed by atoms with van der Waals surface area (Å²) < 4.78 is 21.7. The van der Waals surface area contributed by atoms with Crippen LogP contribution in [-0.2, 0) is 0 Å². The Balaban J connectivity index is 4.62. The molecule has 46 valence electrons. The van der Waals surface area contributed by atoms with Crippen LogP contribution in [0.5, 0.6) is 0 Å². The summed E-state index contributed by atoms with van der Waals surface area (Å²) in [4.78, 5) is 0. The molecule has 0 heterocycles. The summed E-state index contributed by atoms with van der Waals surface area (Å²) in [5, 5.41) is 17.1. The maximum Gasteiger partial charge on any atom is 0.140 e. The third-order valence-electron chi connectivity index (χ3n) is 0.548. The van der Waals surface area contributed by atoms with Crippen molar-refractivity contribution in [1.82, 2.24) is 0 Å². The van der Waals surface area contributed by atoms with Gasteiger partial charge in [-0.05, 0) is 12.3 Å².